The first kappa shape index (κ1) is 29.7. The summed E-state index contributed by atoms with van der Waals surface area (Å²) in [7, 11) is 4.44. The molecule has 2 heterocycles. The molecule has 0 aromatic carbocycles. The molecule has 2 aliphatic rings. The molecule has 0 N–H and O–H groups in total. The summed E-state index contributed by atoms with van der Waals surface area (Å²) < 4.78 is 0. The number of piperidine rings is 2. The van der Waals surface area contributed by atoms with Gasteiger partial charge in [-0.25, -0.2) is 0 Å². The van der Waals surface area contributed by atoms with E-state index in [4.69, 9.17) is 0 Å². The normalized spacial score (nSPS) is 25.4. The average molecular weight is 359 g/mol. The van der Waals surface area contributed by atoms with Crippen LogP contribution in [0.4, 0.5) is 0 Å². The second-order valence-electron chi connectivity index (χ2n) is 7.43. The lowest BCUT2D eigenvalue weighted by Crippen LogP contribution is -2.36. The van der Waals surface area contributed by atoms with Gasteiger partial charge in [-0.05, 0) is 77.7 Å². The Labute approximate surface area is 162 Å². The van der Waals surface area contributed by atoms with Gasteiger partial charge in [-0.3, -0.25) is 0 Å². The predicted molar refractivity (Wildman–Crippen MR) is 120 cm³/mol. The van der Waals surface area contributed by atoms with Crippen molar-refractivity contribution in [1.29, 1.82) is 0 Å². The fraction of sp³-hybridized carbons (Fsp3) is 1.00. The summed E-state index contributed by atoms with van der Waals surface area (Å²) in [5.41, 5.74) is 0.659. The van der Waals surface area contributed by atoms with Gasteiger partial charge in [-0.1, -0.05) is 68.7 Å². The number of hydrogen-bond acceptors (Lipinski definition) is 2. The van der Waals surface area contributed by atoms with E-state index in [-0.39, 0.29) is 0 Å². The van der Waals surface area contributed by atoms with Crippen LogP contribution in [0.5, 0.6) is 0 Å². The molecule has 0 spiro atoms. The van der Waals surface area contributed by atoms with E-state index < -0.39 is 0 Å². The molecule has 0 aliphatic carbocycles. The number of likely N-dealkylation sites (tertiary alicyclic amines) is 2. The van der Waals surface area contributed by atoms with E-state index in [2.05, 4.69) is 51.6 Å². The van der Waals surface area contributed by atoms with Crippen LogP contribution in [0.2, 0.25) is 0 Å². The molecule has 2 atom stereocenters. The second kappa shape index (κ2) is 18.7. The van der Waals surface area contributed by atoms with Gasteiger partial charge in [-0.2, -0.15) is 0 Å². The van der Waals surface area contributed by atoms with Gasteiger partial charge < -0.3 is 9.80 Å². The third-order valence-electron chi connectivity index (χ3n) is 5.52. The predicted octanol–water partition coefficient (Wildman–Crippen LogP) is 6.94. The van der Waals surface area contributed by atoms with Crippen LogP contribution in [0, 0.1) is 11.3 Å². The van der Waals surface area contributed by atoms with Crippen molar-refractivity contribution in [3.05, 3.63) is 0 Å². The number of nitrogens with zero attached hydrogens (tertiary/aromatic N) is 2. The first-order valence-corrected chi connectivity index (χ1v) is 11.2. The zero-order valence-corrected chi connectivity index (χ0v) is 20.2. The minimum Gasteiger partial charge on any atom is -0.306 e. The molecule has 0 radical (unpaired) electrons. The fourth-order valence-electron chi connectivity index (χ4n) is 3.04. The van der Waals surface area contributed by atoms with E-state index in [9.17, 15) is 0 Å². The smallest absolute Gasteiger partial charge is 0.00664 e. The molecular formula is C23H54N2. The molecule has 2 rings (SSSR count). The van der Waals surface area contributed by atoms with Crippen molar-refractivity contribution in [2.75, 3.05) is 33.7 Å². The molecule has 2 unspecified atom stereocenters. The summed E-state index contributed by atoms with van der Waals surface area (Å²) >= 11 is 0. The molecule has 0 bridgehead atoms. The van der Waals surface area contributed by atoms with Gasteiger partial charge in [0.1, 0.15) is 0 Å². The molecule has 0 aromatic heterocycles. The minimum atomic E-state index is 0.659. The third-order valence-corrected chi connectivity index (χ3v) is 5.52. The zero-order chi connectivity index (χ0) is 20.5. The number of hydrogen-bond donors (Lipinski definition) is 0. The molecule has 0 saturated carbocycles. The van der Waals surface area contributed by atoms with Gasteiger partial charge in [0.25, 0.3) is 0 Å². The highest BCUT2D eigenvalue weighted by Gasteiger charge is 2.26. The first-order valence-electron chi connectivity index (χ1n) is 11.2. The van der Waals surface area contributed by atoms with E-state index >= 15 is 0 Å². The molecule has 2 nitrogen and oxygen atoms in total. The van der Waals surface area contributed by atoms with Gasteiger partial charge in [0.05, 0.1) is 0 Å². The Bertz CT molecular complexity index is 244. The second-order valence-corrected chi connectivity index (χ2v) is 7.43. The maximum Gasteiger partial charge on any atom is 0.00664 e. The van der Waals surface area contributed by atoms with Crippen LogP contribution < -0.4 is 0 Å². The lowest BCUT2D eigenvalue weighted by atomic mass is 9.78. The van der Waals surface area contributed by atoms with Crippen molar-refractivity contribution in [2.24, 2.45) is 11.3 Å². The largest absolute Gasteiger partial charge is 0.306 e. The van der Waals surface area contributed by atoms with Crippen molar-refractivity contribution >= 4 is 0 Å². The van der Waals surface area contributed by atoms with E-state index in [1.165, 1.54) is 51.7 Å². The highest BCUT2D eigenvalue weighted by molar-refractivity contribution is 4.79. The molecule has 0 amide bonds. The Hall–Kier alpha value is -0.0800. The SMILES string of the molecule is CC.CC.CC.CC1CCN(C)C(C)C1.CCC1(C)CCN(C)CC1. The monoisotopic (exact) mass is 358 g/mol. The van der Waals surface area contributed by atoms with Crippen molar-refractivity contribution in [2.45, 2.75) is 107 Å². The summed E-state index contributed by atoms with van der Waals surface area (Å²) in [5, 5.41) is 0. The molecule has 0 aromatic rings. The van der Waals surface area contributed by atoms with Crippen molar-refractivity contribution in [3.8, 4) is 0 Å². The van der Waals surface area contributed by atoms with E-state index in [0.717, 1.165) is 12.0 Å². The van der Waals surface area contributed by atoms with E-state index in [1.54, 1.807) is 0 Å². The van der Waals surface area contributed by atoms with Crippen LogP contribution in [-0.4, -0.2) is 49.6 Å². The van der Waals surface area contributed by atoms with Gasteiger partial charge in [-0.15, -0.1) is 0 Å². The lowest BCUT2D eigenvalue weighted by Gasteiger charge is -2.37. The maximum absolute atomic E-state index is 2.44. The molecule has 2 saturated heterocycles. The van der Waals surface area contributed by atoms with E-state index in [0.29, 0.717) is 5.41 Å². The maximum atomic E-state index is 2.44. The topological polar surface area (TPSA) is 6.48 Å². The average Bonchev–Trinajstić information content (AvgIpc) is 2.67. The van der Waals surface area contributed by atoms with Gasteiger partial charge in [0, 0.05) is 6.04 Å². The van der Waals surface area contributed by atoms with Crippen molar-refractivity contribution < 1.29 is 0 Å². The van der Waals surface area contributed by atoms with Gasteiger partial charge >= 0.3 is 0 Å². The Balaban J connectivity index is -0.000000299. The Morgan fingerprint density at radius 2 is 1.28 bits per heavy atom. The lowest BCUT2D eigenvalue weighted by molar-refractivity contribution is 0.135. The highest BCUT2D eigenvalue weighted by atomic mass is 15.1. The molecule has 2 fully saturated rings. The Morgan fingerprint density at radius 1 is 0.840 bits per heavy atom. The Morgan fingerprint density at radius 3 is 1.60 bits per heavy atom. The summed E-state index contributed by atoms with van der Waals surface area (Å²) in [5.74, 6) is 0.955. The zero-order valence-electron chi connectivity index (χ0n) is 20.2. The van der Waals surface area contributed by atoms with Crippen molar-refractivity contribution in [3.63, 3.8) is 0 Å². The molecule has 25 heavy (non-hydrogen) atoms. The van der Waals surface area contributed by atoms with Gasteiger partial charge in [0.15, 0.2) is 0 Å². The fourth-order valence-corrected chi connectivity index (χ4v) is 3.04. The summed E-state index contributed by atoms with van der Waals surface area (Å²) in [6, 6.07) is 0.814. The van der Waals surface area contributed by atoms with E-state index in [1.807, 2.05) is 41.5 Å². The minimum absolute atomic E-state index is 0.659. The number of rotatable bonds is 1. The van der Waals surface area contributed by atoms with Crippen LogP contribution in [0.1, 0.15) is 101 Å². The standard InChI is InChI=1S/C9H19N.C8H17N.3C2H6/c1-4-9(2)5-7-10(3)8-6-9;1-7-4-5-9(3)8(2)6-7;3*1-2/h4-8H2,1-3H3;7-8H,4-6H2,1-3H3;3*1-2H3. The summed E-state index contributed by atoms with van der Waals surface area (Å²) in [6.45, 7) is 25.3. The highest BCUT2D eigenvalue weighted by Crippen LogP contribution is 2.33. The molecular weight excluding hydrogens is 304 g/mol. The van der Waals surface area contributed by atoms with Crippen molar-refractivity contribution in [1.82, 2.24) is 9.80 Å². The molecule has 2 aliphatic heterocycles. The molecule has 2 heteroatoms. The van der Waals surface area contributed by atoms with Crippen LogP contribution in [0.3, 0.4) is 0 Å². The van der Waals surface area contributed by atoms with Crippen LogP contribution in [0.15, 0.2) is 0 Å². The summed E-state index contributed by atoms with van der Waals surface area (Å²) in [4.78, 5) is 4.87. The Kier molecular flexibility index (Phi) is 22.2. The third kappa shape index (κ3) is 14.7. The first-order chi connectivity index (χ1) is 11.9. The van der Waals surface area contributed by atoms with Gasteiger partial charge in [0.2, 0.25) is 0 Å². The van der Waals surface area contributed by atoms with Crippen LogP contribution in [0.25, 0.3) is 0 Å². The van der Waals surface area contributed by atoms with Crippen LogP contribution in [-0.2, 0) is 0 Å². The quantitative estimate of drug-likeness (QED) is 0.500. The summed E-state index contributed by atoms with van der Waals surface area (Å²) in [6.07, 6.45) is 6.90. The molecule has 156 valence electrons. The van der Waals surface area contributed by atoms with Crippen LogP contribution >= 0.6 is 0 Å².